The minimum Gasteiger partial charge on any atom is -0.368 e. The molecule has 170 valence electrons. The van der Waals surface area contributed by atoms with Crippen LogP contribution >= 0.6 is 7.60 Å². The molecular formula is C23H27N2O5PS. The molecule has 0 bridgehead atoms. The Morgan fingerprint density at radius 1 is 0.844 bits per heavy atom. The summed E-state index contributed by atoms with van der Waals surface area (Å²) in [5.41, 5.74) is 3.35. The van der Waals surface area contributed by atoms with Crippen molar-refractivity contribution in [2.45, 2.75) is 24.5 Å². The molecule has 0 amide bonds. The Bertz CT molecular complexity index is 1160. The van der Waals surface area contributed by atoms with Crippen LogP contribution in [0, 0.1) is 0 Å². The van der Waals surface area contributed by atoms with Crippen molar-refractivity contribution in [3.8, 4) is 11.1 Å². The highest BCUT2D eigenvalue weighted by Gasteiger charge is 2.37. The van der Waals surface area contributed by atoms with Crippen LogP contribution in [0.15, 0.2) is 83.8 Å². The van der Waals surface area contributed by atoms with E-state index in [-0.39, 0.29) is 18.1 Å². The summed E-state index contributed by atoms with van der Waals surface area (Å²) in [5, 5.41) is 8.37. The van der Waals surface area contributed by atoms with Gasteiger partial charge in [0.2, 0.25) is 10.0 Å². The highest BCUT2D eigenvalue weighted by molar-refractivity contribution is 7.89. The number of sulfonamides is 1. The van der Waals surface area contributed by atoms with Crippen molar-refractivity contribution in [2.24, 2.45) is 5.14 Å². The zero-order valence-corrected chi connectivity index (χ0v) is 19.7. The third-order valence-electron chi connectivity index (χ3n) is 4.75. The summed E-state index contributed by atoms with van der Waals surface area (Å²) in [5.74, 6) is -0.799. The minimum atomic E-state index is -3.81. The van der Waals surface area contributed by atoms with Gasteiger partial charge >= 0.3 is 7.60 Å². The van der Waals surface area contributed by atoms with Crippen LogP contribution in [-0.4, -0.2) is 21.6 Å². The van der Waals surface area contributed by atoms with Crippen molar-refractivity contribution in [1.29, 1.82) is 0 Å². The van der Waals surface area contributed by atoms with E-state index in [4.69, 9.17) is 14.2 Å². The predicted octanol–water partition coefficient (Wildman–Crippen LogP) is 5.38. The predicted molar refractivity (Wildman–Crippen MR) is 127 cm³/mol. The lowest BCUT2D eigenvalue weighted by Gasteiger charge is -2.28. The van der Waals surface area contributed by atoms with E-state index in [0.717, 1.165) is 11.1 Å². The number of anilines is 1. The zero-order chi connectivity index (χ0) is 23.2. The van der Waals surface area contributed by atoms with Gasteiger partial charge in [-0.05, 0) is 54.8 Å². The van der Waals surface area contributed by atoms with Gasteiger partial charge in [0.1, 0.15) is 0 Å². The number of benzene rings is 3. The molecule has 7 nitrogen and oxygen atoms in total. The van der Waals surface area contributed by atoms with E-state index in [2.05, 4.69) is 5.32 Å². The number of hydrogen-bond donors (Lipinski definition) is 2. The molecule has 32 heavy (non-hydrogen) atoms. The summed E-state index contributed by atoms with van der Waals surface area (Å²) in [7, 11) is -7.41. The molecule has 0 heterocycles. The first-order valence-electron chi connectivity index (χ1n) is 10.2. The van der Waals surface area contributed by atoms with Gasteiger partial charge < -0.3 is 14.4 Å². The monoisotopic (exact) mass is 474 g/mol. The van der Waals surface area contributed by atoms with Gasteiger partial charge in [0.25, 0.3) is 0 Å². The van der Waals surface area contributed by atoms with Gasteiger partial charge in [-0.1, -0.05) is 54.6 Å². The number of rotatable bonds is 10. The lowest BCUT2D eigenvalue weighted by molar-refractivity contribution is 0.214. The first-order chi connectivity index (χ1) is 15.3. The van der Waals surface area contributed by atoms with Crippen molar-refractivity contribution in [1.82, 2.24) is 0 Å². The van der Waals surface area contributed by atoms with Crippen LogP contribution in [0.25, 0.3) is 11.1 Å². The Kier molecular flexibility index (Phi) is 7.87. The average Bonchev–Trinajstić information content (AvgIpc) is 2.78. The highest BCUT2D eigenvalue weighted by Crippen LogP contribution is 2.60. The molecule has 0 radical (unpaired) electrons. The normalized spacial score (nSPS) is 13.0. The molecule has 0 spiro atoms. The zero-order valence-electron chi connectivity index (χ0n) is 18.0. The molecule has 0 aliphatic heterocycles. The second kappa shape index (κ2) is 10.4. The average molecular weight is 475 g/mol. The van der Waals surface area contributed by atoms with Crippen LogP contribution in [0.4, 0.5) is 5.69 Å². The number of hydrogen-bond acceptors (Lipinski definition) is 6. The van der Waals surface area contributed by atoms with Gasteiger partial charge in [-0.15, -0.1) is 0 Å². The summed E-state index contributed by atoms with van der Waals surface area (Å²) < 4.78 is 48.0. The fourth-order valence-corrected chi connectivity index (χ4v) is 5.73. The van der Waals surface area contributed by atoms with E-state index in [1.165, 1.54) is 12.1 Å². The fraction of sp³-hybridized carbons (Fsp3) is 0.217. The maximum Gasteiger partial charge on any atom is 0.357 e. The molecule has 3 aromatic rings. The topological polar surface area (TPSA) is 108 Å². The smallest absolute Gasteiger partial charge is 0.357 e. The van der Waals surface area contributed by atoms with E-state index < -0.39 is 23.4 Å². The lowest BCUT2D eigenvalue weighted by atomic mass is 10.0. The molecule has 3 N–H and O–H groups in total. The molecule has 3 aromatic carbocycles. The Morgan fingerprint density at radius 2 is 1.38 bits per heavy atom. The standard InChI is InChI=1S/C23H27N2O5PS/c1-3-29-31(26,30-4-2)23(25-21-14-16-22(17-15-21)32(24,27)28)20-12-10-19(11-13-20)18-8-6-5-7-9-18/h5-17,23,25H,3-4H2,1-2H3,(H2,24,27,28). The van der Waals surface area contributed by atoms with Gasteiger partial charge in [-0.3, -0.25) is 4.57 Å². The van der Waals surface area contributed by atoms with Crippen molar-refractivity contribution >= 4 is 23.3 Å². The van der Waals surface area contributed by atoms with E-state index in [1.807, 2.05) is 54.6 Å². The Hall–Kier alpha value is -2.48. The molecule has 0 fully saturated rings. The summed E-state index contributed by atoms with van der Waals surface area (Å²) in [4.78, 5) is -0.00962. The van der Waals surface area contributed by atoms with Crippen LogP contribution in [0.3, 0.4) is 0 Å². The van der Waals surface area contributed by atoms with E-state index >= 15 is 0 Å². The molecule has 3 rings (SSSR count). The van der Waals surface area contributed by atoms with Gasteiger partial charge in [0.15, 0.2) is 5.78 Å². The van der Waals surface area contributed by atoms with Crippen LogP contribution in [-0.2, 0) is 23.6 Å². The number of primary sulfonamides is 1. The second-order valence-corrected chi connectivity index (χ2v) is 10.7. The van der Waals surface area contributed by atoms with Crippen molar-refractivity contribution in [2.75, 3.05) is 18.5 Å². The number of nitrogens with one attached hydrogen (secondary N) is 1. The Balaban J connectivity index is 1.98. The van der Waals surface area contributed by atoms with Crippen LogP contribution in [0.5, 0.6) is 0 Å². The maximum atomic E-state index is 13.7. The van der Waals surface area contributed by atoms with Gasteiger partial charge in [-0.25, -0.2) is 13.6 Å². The van der Waals surface area contributed by atoms with Crippen molar-refractivity contribution in [3.05, 3.63) is 84.4 Å². The van der Waals surface area contributed by atoms with E-state index in [1.54, 1.807) is 26.0 Å². The fourth-order valence-electron chi connectivity index (χ4n) is 3.28. The van der Waals surface area contributed by atoms with Crippen LogP contribution < -0.4 is 10.5 Å². The molecule has 1 unspecified atom stereocenters. The molecule has 0 saturated carbocycles. The lowest BCUT2D eigenvalue weighted by Crippen LogP contribution is -2.16. The maximum absolute atomic E-state index is 13.7. The van der Waals surface area contributed by atoms with E-state index in [0.29, 0.717) is 11.3 Å². The molecule has 0 aliphatic rings. The highest BCUT2D eigenvalue weighted by atomic mass is 32.2. The molecular weight excluding hydrogens is 447 g/mol. The summed E-state index contributed by atoms with van der Waals surface area (Å²) in [6.07, 6.45) is 0. The van der Waals surface area contributed by atoms with Crippen LogP contribution in [0.2, 0.25) is 0 Å². The van der Waals surface area contributed by atoms with Gasteiger partial charge in [0, 0.05) is 5.69 Å². The molecule has 9 heteroatoms. The third-order valence-corrected chi connectivity index (χ3v) is 7.98. The molecule has 0 aliphatic carbocycles. The number of nitrogens with two attached hydrogens (primary N) is 1. The quantitative estimate of drug-likeness (QED) is 0.382. The molecule has 0 saturated heterocycles. The van der Waals surface area contributed by atoms with Crippen LogP contribution in [0.1, 0.15) is 25.2 Å². The summed E-state index contributed by atoms with van der Waals surface area (Å²) in [6, 6.07) is 23.5. The summed E-state index contributed by atoms with van der Waals surface area (Å²) >= 11 is 0. The first-order valence-corrected chi connectivity index (χ1v) is 13.4. The largest absolute Gasteiger partial charge is 0.368 e. The minimum absolute atomic E-state index is 0.00962. The first kappa shape index (κ1) is 24.2. The Labute approximate surface area is 189 Å². The third kappa shape index (κ3) is 5.85. The van der Waals surface area contributed by atoms with Crippen molar-refractivity contribution in [3.63, 3.8) is 0 Å². The SMILES string of the molecule is CCOP(=O)(OCC)C(Nc1ccc(S(N)(=O)=O)cc1)c1ccc(-c2ccccc2)cc1. The van der Waals surface area contributed by atoms with E-state index in [9.17, 15) is 13.0 Å². The molecule has 0 aromatic heterocycles. The summed E-state index contributed by atoms with van der Waals surface area (Å²) in [6.45, 7) is 3.92. The van der Waals surface area contributed by atoms with Gasteiger partial charge in [-0.2, -0.15) is 0 Å². The Morgan fingerprint density at radius 3 is 1.88 bits per heavy atom. The van der Waals surface area contributed by atoms with Gasteiger partial charge in [0.05, 0.1) is 18.1 Å². The molecule has 1 atom stereocenters. The van der Waals surface area contributed by atoms with Crippen molar-refractivity contribution < 1.29 is 22.0 Å². The second-order valence-electron chi connectivity index (χ2n) is 6.98.